The molecule has 1 amide bonds. The van der Waals surface area contributed by atoms with E-state index in [1.807, 2.05) is 56.5 Å². The molecule has 14 atom stereocenters. The minimum absolute atomic E-state index is 0.105. The molecule has 374 valence electrons. The molecule has 3 aromatic rings. The summed E-state index contributed by atoms with van der Waals surface area (Å²) in [4.78, 5) is 70.2. The number of amides is 1. The maximum Gasteiger partial charge on any atom is 0.410 e. The van der Waals surface area contributed by atoms with E-state index in [0.717, 1.165) is 0 Å². The molecule has 68 heavy (non-hydrogen) atoms. The number of Topliss-reactive ketones (excluding diaryl/α,β-unsaturated/α-hetero) is 1. The monoisotopic (exact) mass is 948 g/mol. The third-order valence-electron chi connectivity index (χ3n) is 14.4. The van der Waals surface area contributed by atoms with Crippen LogP contribution in [0.25, 0.3) is 11.5 Å². The highest BCUT2D eigenvalue weighted by atomic mass is 16.7. The number of aliphatic hydroxyl groups excluding tert-OH is 1. The number of unbranched alkanes of at least 4 members (excludes halogenated alkanes) is 1. The molecular formula is C51H73N5O12. The Morgan fingerprint density at radius 3 is 2.46 bits per heavy atom. The van der Waals surface area contributed by atoms with Crippen LogP contribution < -0.4 is 0 Å². The Morgan fingerprint density at radius 2 is 1.79 bits per heavy atom. The van der Waals surface area contributed by atoms with E-state index in [9.17, 15) is 19.5 Å². The van der Waals surface area contributed by atoms with Gasteiger partial charge in [0.2, 0.25) is 0 Å². The van der Waals surface area contributed by atoms with Crippen LogP contribution in [-0.4, -0.2) is 141 Å². The third-order valence-corrected chi connectivity index (χ3v) is 14.4. The minimum atomic E-state index is -1.45. The predicted octanol–water partition coefficient (Wildman–Crippen LogP) is 6.66. The highest BCUT2D eigenvalue weighted by molar-refractivity contribution is 5.85. The van der Waals surface area contributed by atoms with Gasteiger partial charge in [-0.1, -0.05) is 39.8 Å². The summed E-state index contributed by atoms with van der Waals surface area (Å²) in [6.07, 6.45) is 4.03. The first-order valence-electron chi connectivity index (χ1n) is 24.1. The van der Waals surface area contributed by atoms with Crippen LogP contribution in [-0.2, 0) is 55.8 Å². The molecule has 0 spiro atoms. The third kappa shape index (κ3) is 11.6. The number of cyclic esters (lactones) is 1. The second-order valence-corrected chi connectivity index (χ2v) is 19.5. The number of ether oxygens (including phenoxy) is 6. The summed E-state index contributed by atoms with van der Waals surface area (Å²) in [5, 5.41) is 11.9. The average molecular weight is 948 g/mol. The second-order valence-electron chi connectivity index (χ2n) is 19.5. The molecule has 1 N–H and O–H groups in total. The SMILES string of the molecule is C=CCN(C)[C@H]1C[C@@H](C)O[C@@H](O[C@@H]2[C@@H](C)[C@H](OC(=O)Cc3ccccn3)[C@@H](C)C(=O)O[C@H](CC)[C@@]3(C)OC(=O)N(CCCCn4cnc(-c5ccco5)c4)[C@H]3[C@@H](C)C(=O)[C@H](C)C[C@@]2(C)OC)[C@@H]1O. The number of carbonyl (C=O) groups is 4. The quantitative estimate of drug-likeness (QED) is 0.0693. The first kappa shape index (κ1) is 52.4. The first-order valence-corrected chi connectivity index (χ1v) is 24.1. The number of carbonyl (C=O) groups excluding carboxylic acids is 4. The number of ketones is 1. The molecule has 3 aliphatic heterocycles. The number of fused-ring (bicyclic) bond motifs is 1. The van der Waals surface area contributed by atoms with E-state index >= 15 is 4.79 Å². The van der Waals surface area contributed by atoms with Crippen molar-refractivity contribution < 1.29 is 57.1 Å². The number of rotatable bonds is 16. The molecular weight excluding hydrogens is 875 g/mol. The number of hydrogen-bond acceptors (Lipinski definition) is 15. The molecule has 3 aliphatic rings. The van der Waals surface area contributed by atoms with Gasteiger partial charge in [-0.05, 0) is 91.1 Å². The molecule has 6 heterocycles. The van der Waals surface area contributed by atoms with Gasteiger partial charge in [0, 0.05) is 62.9 Å². The van der Waals surface area contributed by atoms with Crippen LogP contribution >= 0.6 is 0 Å². The lowest BCUT2D eigenvalue weighted by Crippen LogP contribution is -2.61. The summed E-state index contributed by atoms with van der Waals surface area (Å²) in [7, 11) is 3.41. The molecule has 0 bridgehead atoms. The summed E-state index contributed by atoms with van der Waals surface area (Å²) in [5.74, 6) is -4.27. The molecule has 0 unspecified atom stereocenters. The second kappa shape index (κ2) is 22.7. The van der Waals surface area contributed by atoms with Gasteiger partial charge >= 0.3 is 18.0 Å². The van der Waals surface area contributed by atoms with Crippen molar-refractivity contribution in [2.45, 2.75) is 161 Å². The number of aliphatic hydroxyl groups is 1. The fraction of sp³-hybridized carbons (Fsp3) is 0.647. The van der Waals surface area contributed by atoms with E-state index < -0.39 is 89.7 Å². The molecule has 17 heteroatoms. The van der Waals surface area contributed by atoms with E-state index in [4.69, 9.17) is 32.8 Å². The lowest BCUT2D eigenvalue weighted by Gasteiger charge is -2.48. The van der Waals surface area contributed by atoms with Gasteiger partial charge in [-0.25, -0.2) is 9.78 Å². The average Bonchev–Trinajstić information content (AvgIpc) is 4.08. The van der Waals surface area contributed by atoms with Crippen molar-refractivity contribution in [2.75, 3.05) is 27.2 Å². The summed E-state index contributed by atoms with van der Waals surface area (Å²) in [6, 6.07) is 7.68. The number of esters is 2. The van der Waals surface area contributed by atoms with Crippen LogP contribution in [0, 0.1) is 23.7 Å². The van der Waals surface area contributed by atoms with Crippen LogP contribution in [0.4, 0.5) is 4.79 Å². The number of aromatic nitrogens is 3. The Balaban J connectivity index is 1.35. The first-order chi connectivity index (χ1) is 32.3. The zero-order chi connectivity index (χ0) is 49.5. The van der Waals surface area contributed by atoms with Gasteiger partial charge in [-0.3, -0.25) is 24.3 Å². The number of nitrogens with zero attached hydrogens (tertiary/aromatic N) is 5. The van der Waals surface area contributed by atoms with Crippen LogP contribution in [0.3, 0.4) is 0 Å². The number of likely N-dealkylation sites (N-methyl/N-ethyl adjacent to an activating group) is 1. The lowest BCUT2D eigenvalue weighted by atomic mass is 9.73. The molecule has 0 radical (unpaired) electrons. The zero-order valence-electron chi connectivity index (χ0n) is 41.4. The largest absolute Gasteiger partial charge is 0.463 e. The zero-order valence-corrected chi connectivity index (χ0v) is 41.4. The van der Waals surface area contributed by atoms with Crippen molar-refractivity contribution in [1.29, 1.82) is 0 Å². The normalized spacial score (nSPS) is 33.9. The lowest BCUT2D eigenvalue weighted by molar-refractivity contribution is -0.302. The van der Waals surface area contributed by atoms with Crippen molar-refractivity contribution in [2.24, 2.45) is 23.7 Å². The molecule has 17 nitrogen and oxygen atoms in total. The van der Waals surface area contributed by atoms with E-state index in [0.29, 0.717) is 49.5 Å². The van der Waals surface area contributed by atoms with E-state index in [1.165, 1.54) is 7.11 Å². The van der Waals surface area contributed by atoms with Crippen LogP contribution in [0.1, 0.15) is 93.2 Å². The van der Waals surface area contributed by atoms with Gasteiger partial charge in [0.15, 0.2) is 17.7 Å². The van der Waals surface area contributed by atoms with Crippen molar-refractivity contribution in [1.82, 2.24) is 24.3 Å². The highest BCUT2D eigenvalue weighted by Gasteiger charge is 2.60. The standard InChI is InChI=1S/C51H73N5O12/c1-12-22-54(10)38-26-32(4)64-48(43(38)59)67-46-34(6)44(66-41(57)27-36-19-14-15-21-52-36)35(7)47(60)65-40(13-2)51(9)45(33(5)42(58)31(3)28-50(46,8)62-11)56(49(61)68-51)24-17-16-23-55-29-37(53-30-55)39-20-18-25-63-39/h12,14-15,18-21,25,29-35,38,40,43-46,48,59H,1,13,16-17,22-24,26-28H2,2-11H3/t31-,32-,33+,34+,35-,38+,40-,43-,44+,45+,46-,48+,50-,51-/m1/s1. The van der Waals surface area contributed by atoms with Crippen LogP contribution in [0.15, 0.2) is 72.4 Å². The Morgan fingerprint density at radius 1 is 1.04 bits per heavy atom. The molecule has 3 saturated heterocycles. The van der Waals surface area contributed by atoms with Gasteiger partial charge in [-0.2, -0.15) is 0 Å². The topological polar surface area (TPSA) is 194 Å². The van der Waals surface area contributed by atoms with Crippen LogP contribution in [0.2, 0.25) is 0 Å². The fourth-order valence-corrected chi connectivity index (χ4v) is 10.8. The van der Waals surface area contributed by atoms with E-state index in [1.54, 1.807) is 81.7 Å². The molecule has 3 fully saturated rings. The van der Waals surface area contributed by atoms with Crippen molar-refractivity contribution in [3.63, 3.8) is 0 Å². The van der Waals surface area contributed by atoms with E-state index in [-0.39, 0.29) is 43.7 Å². The Labute approximate surface area is 400 Å². The van der Waals surface area contributed by atoms with Crippen molar-refractivity contribution >= 4 is 23.8 Å². The van der Waals surface area contributed by atoms with Crippen LogP contribution in [0.5, 0.6) is 0 Å². The smallest absolute Gasteiger partial charge is 0.410 e. The Bertz CT molecular complexity index is 2150. The number of pyridine rings is 1. The molecule has 0 saturated carbocycles. The van der Waals surface area contributed by atoms with Crippen molar-refractivity contribution in [3.05, 3.63) is 73.7 Å². The fourth-order valence-electron chi connectivity index (χ4n) is 10.8. The maximum atomic E-state index is 15.0. The molecule has 3 aromatic heterocycles. The maximum absolute atomic E-state index is 15.0. The summed E-state index contributed by atoms with van der Waals surface area (Å²) >= 11 is 0. The molecule has 6 rings (SSSR count). The molecule has 0 aromatic carbocycles. The van der Waals surface area contributed by atoms with Crippen molar-refractivity contribution in [3.8, 4) is 11.5 Å². The minimum Gasteiger partial charge on any atom is -0.463 e. The Kier molecular flexibility index (Phi) is 17.5. The predicted molar refractivity (Wildman–Crippen MR) is 251 cm³/mol. The number of furan rings is 1. The number of methoxy groups -OCH3 is 1. The number of hydrogen-bond donors (Lipinski definition) is 1. The van der Waals surface area contributed by atoms with Gasteiger partial charge < -0.3 is 47.4 Å². The number of imidazole rings is 1. The summed E-state index contributed by atoms with van der Waals surface area (Å²) in [5.41, 5.74) is -1.58. The van der Waals surface area contributed by atoms with Gasteiger partial charge in [0.25, 0.3) is 0 Å². The van der Waals surface area contributed by atoms with Gasteiger partial charge in [0.1, 0.15) is 29.8 Å². The Hall–Kier alpha value is -4.94. The summed E-state index contributed by atoms with van der Waals surface area (Å²) < 4.78 is 46.1. The van der Waals surface area contributed by atoms with E-state index in [2.05, 4.69) is 16.5 Å². The van der Waals surface area contributed by atoms with Gasteiger partial charge in [0.05, 0.1) is 54.5 Å². The summed E-state index contributed by atoms with van der Waals surface area (Å²) in [6.45, 7) is 19.6. The highest BCUT2D eigenvalue weighted by Crippen LogP contribution is 2.44. The molecule has 0 aliphatic carbocycles. The van der Waals surface area contributed by atoms with Gasteiger partial charge in [-0.15, -0.1) is 6.58 Å². The number of aryl methyl sites for hydroxylation is 1.